The fourth-order valence-electron chi connectivity index (χ4n) is 3.49. The molecule has 1 saturated carbocycles. The van der Waals surface area contributed by atoms with Crippen molar-refractivity contribution in [1.29, 1.82) is 0 Å². The Bertz CT molecular complexity index is 760. The molecule has 0 bridgehead atoms. The topological polar surface area (TPSA) is 64.0 Å². The molecular weight excluding hydrogens is 358 g/mol. The quantitative estimate of drug-likeness (QED) is 0.778. The number of hydrogen-bond donors (Lipinski definition) is 1. The van der Waals surface area contributed by atoms with Gasteiger partial charge in [0.25, 0.3) is 0 Å². The van der Waals surface area contributed by atoms with Gasteiger partial charge >= 0.3 is 0 Å². The second-order valence-electron chi connectivity index (χ2n) is 6.64. The largest absolute Gasteiger partial charge is 0.336 e. The molecular formula is C18H24ClN3O2S. The van der Waals surface area contributed by atoms with Crippen LogP contribution in [0.5, 0.6) is 0 Å². The average Bonchev–Trinajstić information content (AvgIpc) is 3.01. The summed E-state index contributed by atoms with van der Waals surface area (Å²) in [5.74, 6) is 0.260. The molecule has 2 aromatic rings. The summed E-state index contributed by atoms with van der Waals surface area (Å²) in [6.07, 6.45) is 10.3. The Labute approximate surface area is 154 Å². The molecule has 1 aromatic heterocycles. The molecule has 2 unspecified atom stereocenters. The molecule has 1 fully saturated rings. The van der Waals surface area contributed by atoms with Gasteiger partial charge in [0, 0.05) is 35.9 Å². The van der Waals surface area contributed by atoms with Gasteiger partial charge in [-0.1, -0.05) is 43.0 Å². The Kier molecular flexibility index (Phi) is 6.15. The van der Waals surface area contributed by atoms with E-state index < -0.39 is 10.0 Å². The van der Waals surface area contributed by atoms with Gasteiger partial charge in [0.15, 0.2) is 0 Å². The van der Waals surface area contributed by atoms with Crippen molar-refractivity contribution in [3.63, 3.8) is 0 Å². The van der Waals surface area contributed by atoms with Gasteiger partial charge in [-0.15, -0.1) is 0 Å². The smallest absolute Gasteiger partial charge is 0.213 e. The lowest BCUT2D eigenvalue weighted by Gasteiger charge is -2.26. The maximum absolute atomic E-state index is 12.6. The van der Waals surface area contributed by atoms with E-state index in [1.54, 1.807) is 23.3 Å². The molecule has 136 valence electrons. The molecule has 1 aromatic carbocycles. The van der Waals surface area contributed by atoms with Crippen LogP contribution < -0.4 is 4.72 Å². The molecule has 5 nitrogen and oxygen atoms in total. The number of nitrogens with one attached hydrogen (secondary N) is 1. The third kappa shape index (κ3) is 5.30. The van der Waals surface area contributed by atoms with Gasteiger partial charge in [-0.2, -0.15) is 0 Å². The van der Waals surface area contributed by atoms with Crippen LogP contribution in [0.4, 0.5) is 0 Å². The Balaban J connectivity index is 1.71. The molecule has 7 heteroatoms. The maximum Gasteiger partial charge on any atom is 0.213 e. The van der Waals surface area contributed by atoms with Crippen LogP contribution in [-0.2, 0) is 16.6 Å². The molecule has 0 saturated heterocycles. The number of halogens is 1. The van der Waals surface area contributed by atoms with E-state index in [0.717, 1.165) is 37.7 Å². The number of imidazole rings is 1. The molecule has 2 atom stereocenters. The Morgan fingerprint density at radius 2 is 1.92 bits per heavy atom. The molecule has 0 amide bonds. The van der Waals surface area contributed by atoms with Gasteiger partial charge in [0.1, 0.15) is 0 Å². The summed E-state index contributed by atoms with van der Waals surface area (Å²) in [6, 6.07) is 7.74. The lowest BCUT2D eigenvalue weighted by molar-refractivity contribution is 0.457. The van der Waals surface area contributed by atoms with E-state index in [2.05, 4.69) is 9.71 Å². The van der Waals surface area contributed by atoms with Crippen LogP contribution in [0.25, 0.3) is 0 Å². The van der Waals surface area contributed by atoms with Gasteiger partial charge in [-0.3, -0.25) is 0 Å². The molecule has 0 radical (unpaired) electrons. The zero-order valence-corrected chi connectivity index (χ0v) is 15.7. The average molecular weight is 382 g/mol. The van der Waals surface area contributed by atoms with Gasteiger partial charge in [-0.05, 0) is 30.5 Å². The van der Waals surface area contributed by atoms with Gasteiger partial charge in [0.05, 0.1) is 12.1 Å². The first-order valence-corrected chi connectivity index (χ1v) is 10.8. The second-order valence-corrected chi connectivity index (χ2v) is 8.95. The van der Waals surface area contributed by atoms with Crippen LogP contribution in [0.3, 0.4) is 0 Å². The van der Waals surface area contributed by atoms with E-state index in [1.807, 2.05) is 24.3 Å². The van der Waals surface area contributed by atoms with Crippen LogP contribution in [-0.4, -0.2) is 29.8 Å². The number of benzene rings is 1. The van der Waals surface area contributed by atoms with Gasteiger partial charge in [0.2, 0.25) is 10.0 Å². The van der Waals surface area contributed by atoms with Crippen molar-refractivity contribution < 1.29 is 8.42 Å². The first kappa shape index (κ1) is 18.4. The molecule has 1 heterocycles. The Hall–Kier alpha value is -1.37. The number of nitrogens with zero attached hydrogens (tertiary/aromatic N) is 2. The first-order valence-electron chi connectivity index (χ1n) is 8.75. The third-order valence-electron chi connectivity index (χ3n) is 4.82. The molecule has 0 aliphatic heterocycles. The molecule has 1 aliphatic rings. The van der Waals surface area contributed by atoms with Crippen LogP contribution >= 0.6 is 11.6 Å². The monoisotopic (exact) mass is 381 g/mol. The summed E-state index contributed by atoms with van der Waals surface area (Å²) in [5.41, 5.74) is 1.16. The zero-order valence-electron chi connectivity index (χ0n) is 14.1. The number of rotatable bonds is 6. The van der Waals surface area contributed by atoms with Gasteiger partial charge < -0.3 is 4.57 Å². The van der Waals surface area contributed by atoms with Gasteiger partial charge in [-0.25, -0.2) is 18.1 Å². The highest BCUT2D eigenvalue weighted by atomic mass is 35.5. The highest BCUT2D eigenvalue weighted by Gasteiger charge is 2.28. The predicted octanol–water partition coefficient (Wildman–Crippen LogP) is 3.57. The van der Waals surface area contributed by atoms with Crippen molar-refractivity contribution >= 4 is 21.6 Å². The zero-order chi connectivity index (χ0) is 17.7. The van der Waals surface area contributed by atoms with Crippen molar-refractivity contribution in [3.8, 4) is 0 Å². The number of hydrogen-bond acceptors (Lipinski definition) is 3. The maximum atomic E-state index is 12.6. The molecule has 1 aliphatic carbocycles. The summed E-state index contributed by atoms with van der Waals surface area (Å²) >= 11 is 6.00. The summed E-state index contributed by atoms with van der Waals surface area (Å²) in [6.45, 7) is 0.410. The van der Waals surface area contributed by atoms with E-state index in [1.165, 1.54) is 0 Å². The minimum absolute atomic E-state index is 0.0588. The van der Waals surface area contributed by atoms with Crippen LogP contribution in [0.15, 0.2) is 43.0 Å². The van der Waals surface area contributed by atoms with E-state index >= 15 is 0 Å². The number of aryl methyl sites for hydroxylation is 1. The molecule has 3 rings (SSSR count). The fraction of sp³-hybridized carbons (Fsp3) is 0.500. The fourth-order valence-corrected chi connectivity index (χ4v) is 4.93. The summed E-state index contributed by atoms with van der Waals surface area (Å²) in [4.78, 5) is 3.95. The van der Waals surface area contributed by atoms with Crippen LogP contribution in [0.1, 0.15) is 43.6 Å². The molecule has 25 heavy (non-hydrogen) atoms. The Morgan fingerprint density at radius 3 is 2.64 bits per heavy atom. The van der Waals surface area contributed by atoms with Crippen LogP contribution in [0.2, 0.25) is 5.02 Å². The lowest BCUT2D eigenvalue weighted by atomic mass is 9.88. The lowest BCUT2D eigenvalue weighted by Crippen LogP contribution is -2.40. The van der Waals surface area contributed by atoms with Crippen molar-refractivity contribution in [2.45, 2.75) is 50.6 Å². The van der Waals surface area contributed by atoms with E-state index in [0.29, 0.717) is 11.6 Å². The van der Waals surface area contributed by atoms with Crippen molar-refractivity contribution in [2.24, 2.45) is 0 Å². The minimum atomic E-state index is -3.35. The summed E-state index contributed by atoms with van der Waals surface area (Å²) < 4.78 is 29.9. The van der Waals surface area contributed by atoms with E-state index in [-0.39, 0.29) is 17.7 Å². The normalized spacial score (nSPS) is 21.8. The number of sulfonamides is 1. The standard InChI is InChI=1S/C18H24ClN3O2S/c19-16-8-6-15(7-9-16)17-4-2-1-3-5-18(17)21-25(23,24)13-12-22-11-10-20-14-22/h6-11,14,17-18,21H,1-5,12-13H2. The third-order valence-corrected chi connectivity index (χ3v) is 6.46. The minimum Gasteiger partial charge on any atom is -0.336 e. The first-order chi connectivity index (χ1) is 12.0. The molecule has 1 N–H and O–H groups in total. The van der Waals surface area contributed by atoms with Crippen molar-refractivity contribution in [1.82, 2.24) is 14.3 Å². The number of aromatic nitrogens is 2. The SMILES string of the molecule is O=S(=O)(CCn1ccnc1)NC1CCCCCC1c1ccc(Cl)cc1. The highest BCUT2D eigenvalue weighted by Crippen LogP contribution is 2.33. The molecule has 0 spiro atoms. The van der Waals surface area contributed by atoms with Crippen molar-refractivity contribution in [3.05, 3.63) is 53.6 Å². The van der Waals surface area contributed by atoms with E-state index in [4.69, 9.17) is 11.6 Å². The second kappa shape index (κ2) is 8.34. The Morgan fingerprint density at radius 1 is 1.16 bits per heavy atom. The highest BCUT2D eigenvalue weighted by molar-refractivity contribution is 7.89. The summed E-state index contributed by atoms with van der Waals surface area (Å²) in [5, 5.41) is 0.704. The summed E-state index contributed by atoms with van der Waals surface area (Å²) in [7, 11) is -3.35. The van der Waals surface area contributed by atoms with Crippen molar-refractivity contribution in [2.75, 3.05) is 5.75 Å². The predicted molar refractivity (Wildman–Crippen MR) is 100 cm³/mol. The van der Waals surface area contributed by atoms with Crippen LogP contribution in [0, 0.1) is 0 Å². The van der Waals surface area contributed by atoms with E-state index in [9.17, 15) is 8.42 Å².